The largest absolute Gasteiger partial charge is 0.494 e. The molecule has 0 aliphatic carbocycles. The van der Waals surface area contributed by atoms with E-state index in [1.165, 1.54) is 28.0 Å². The fourth-order valence-corrected chi connectivity index (χ4v) is 6.06. The predicted molar refractivity (Wildman–Crippen MR) is 154 cm³/mol. The van der Waals surface area contributed by atoms with Gasteiger partial charge in [0.2, 0.25) is 0 Å². The maximum Gasteiger partial charge on any atom is 0.338 e. The van der Waals surface area contributed by atoms with Crippen molar-refractivity contribution in [1.82, 2.24) is 4.57 Å². The number of nitro benzene ring substituents is 1. The lowest BCUT2D eigenvalue weighted by Crippen LogP contribution is -2.40. The molecule has 3 heterocycles. The number of ether oxygens (including phenoxy) is 3. The Morgan fingerprint density at radius 3 is 2.56 bits per heavy atom. The Morgan fingerprint density at radius 1 is 1.17 bits per heavy atom. The molecule has 0 radical (unpaired) electrons. The first-order chi connectivity index (χ1) is 19.8. The van der Waals surface area contributed by atoms with Crippen molar-refractivity contribution < 1.29 is 23.9 Å². The molecule has 1 saturated heterocycles. The Kier molecular flexibility index (Phi) is 8.31. The third-order valence-corrected chi connectivity index (χ3v) is 7.87. The molecule has 1 aromatic heterocycles. The minimum absolute atomic E-state index is 0.0752. The van der Waals surface area contributed by atoms with Gasteiger partial charge < -0.3 is 19.1 Å². The minimum Gasteiger partial charge on any atom is -0.494 e. The normalized spacial score (nSPS) is 17.2. The van der Waals surface area contributed by atoms with E-state index >= 15 is 0 Å². The van der Waals surface area contributed by atoms with E-state index in [0.29, 0.717) is 64.8 Å². The van der Waals surface area contributed by atoms with Crippen LogP contribution in [-0.2, 0) is 14.3 Å². The van der Waals surface area contributed by atoms with E-state index in [9.17, 15) is 19.7 Å². The number of rotatable bonds is 8. The Labute approximate surface area is 239 Å². The SMILES string of the molecule is CCOC(=O)C1=C(C)N=c2s/c(=C/c3cc([N+](=O)[O-])ccc3N3CCOCC3)c(=O)n2C1c1ccc(OCC)cc1. The number of esters is 1. The fourth-order valence-electron chi connectivity index (χ4n) is 5.02. The summed E-state index contributed by atoms with van der Waals surface area (Å²) in [5, 5.41) is 11.6. The zero-order chi connectivity index (χ0) is 29.1. The number of aromatic nitrogens is 1. The third kappa shape index (κ3) is 5.66. The molecule has 41 heavy (non-hydrogen) atoms. The van der Waals surface area contributed by atoms with Crippen molar-refractivity contribution >= 4 is 34.8 Å². The number of hydrogen-bond donors (Lipinski definition) is 0. The molecular weight excluding hydrogens is 548 g/mol. The van der Waals surface area contributed by atoms with Gasteiger partial charge in [0.1, 0.15) is 5.75 Å². The predicted octanol–water partition coefficient (Wildman–Crippen LogP) is 2.94. The van der Waals surface area contributed by atoms with Crippen LogP contribution in [0.5, 0.6) is 5.75 Å². The number of anilines is 1. The van der Waals surface area contributed by atoms with Gasteiger partial charge in [-0.1, -0.05) is 23.5 Å². The van der Waals surface area contributed by atoms with Crippen molar-refractivity contribution in [3.05, 3.63) is 94.7 Å². The van der Waals surface area contributed by atoms with Crippen LogP contribution < -0.4 is 24.5 Å². The number of carbonyl (C=O) groups excluding carboxylic acids is 1. The van der Waals surface area contributed by atoms with Crippen LogP contribution >= 0.6 is 11.3 Å². The molecule has 2 aliphatic heterocycles. The minimum atomic E-state index is -0.771. The van der Waals surface area contributed by atoms with Crippen molar-refractivity contribution in [1.29, 1.82) is 0 Å². The van der Waals surface area contributed by atoms with Crippen LogP contribution in [0.2, 0.25) is 0 Å². The van der Waals surface area contributed by atoms with E-state index in [0.717, 1.165) is 5.69 Å². The molecule has 11 nitrogen and oxygen atoms in total. The van der Waals surface area contributed by atoms with Crippen molar-refractivity contribution in [2.45, 2.75) is 26.8 Å². The Balaban J connectivity index is 1.69. The van der Waals surface area contributed by atoms with Crippen LogP contribution in [0.15, 0.2) is 63.5 Å². The quantitative estimate of drug-likeness (QED) is 0.227. The smallest absolute Gasteiger partial charge is 0.338 e. The molecule has 0 amide bonds. The maximum absolute atomic E-state index is 14.0. The molecule has 2 aromatic carbocycles. The number of thiazole rings is 1. The number of allylic oxidation sites excluding steroid dienone is 1. The summed E-state index contributed by atoms with van der Waals surface area (Å²) in [4.78, 5) is 45.4. The summed E-state index contributed by atoms with van der Waals surface area (Å²) in [7, 11) is 0. The second-order valence-electron chi connectivity index (χ2n) is 9.40. The molecule has 214 valence electrons. The second kappa shape index (κ2) is 12.1. The average Bonchev–Trinajstić information content (AvgIpc) is 3.27. The first-order valence-corrected chi connectivity index (χ1v) is 14.2. The van der Waals surface area contributed by atoms with Crippen molar-refractivity contribution in [3.8, 4) is 5.75 Å². The molecule has 3 aromatic rings. The lowest BCUT2D eigenvalue weighted by molar-refractivity contribution is -0.384. The van der Waals surface area contributed by atoms with Crippen molar-refractivity contribution in [3.63, 3.8) is 0 Å². The highest BCUT2D eigenvalue weighted by molar-refractivity contribution is 7.07. The topological polar surface area (TPSA) is 126 Å². The van der Waals surface area contributed by atoms with Gasteiger partial charge in [0.25, 0.3) is 11.2 Å². The van der Waals surface area contributed by atoms with E-state index in [2.05, 4.69) is 9.89 Å². The number of non-ortho nitro benzene ring substituents is 1. The van der Waals surface area contributed by atoms with Gasteiger partial charge in [0.05, 0.1) is 53.2 Å². The van der Waals surface area contributed by atoms with Crippen LogP contribution in [-0.4, -0.2) is 55.0 Å². The number of fused-ring (bicyclic) bond motifs is 1. The average molecular weight is 579 g/mol. The number of carbonyl (C=O) groups is 1. The maximum atomic E-state index is 14.0. The van der Waals surface area contributed by atoms with E-state index in [4.69, 9.17) is 14.2 Å². The molecule has 1 unspecified atom stereocenters. The van der Waals surface area contributed by atoms with Gasteiger partial charge in [0.15, 0.2) is 4.80 Å². The Morgan fingerprint density at radius 2 is 1.90 bits per heavy atom. The molecule has 0 spiro atoms. The van der Waals surface area contributed by atoms with Crippen LogP contribution in [0.4, 0.5) is 11.4 Å². The van der Waals surface area contributed by atoms with E-state index in [1.807, 2.05) is 19.1 Å². The molecule has 2 aliphatic rings. The number of hydrogen-bond acceptors (Lipinski definition) is 10. The van der Waals surface area contributed by atoms with Gasteiger partial charge in [-0.25, -0.2) is 9.79 Å². The van der Waals surface area contributed by atoms with Gasteiger partial charge in [-0.2, -0.15) is 0 Å². The van der Waals surface area contributed by atoms with Gasteiger partial charge in [-0.15, -0.1) is 0 Å². The van der Waals surface area contributed by atoms with Crippen LogP contribution in [0, 0.1) is 10.1 Å². The van der Waals surface area contributed by atoms with Crippen LogP contribution in [0.3, 0.4) is 0 Å². The molecule has 12 heteroatoms. The summed E-state index contributed by atoms with van der Waals surface area (Å²) in [5.41, 5.74) is 2.32. The van der Waals surface area contributed by atoms with Crippen molar-refractivity contribution in [2.24, 2.45) is 4.99 Å². The Hall–Kier alpha value is -4.29. The highest BCUT2D eigenvalue weighted by Gasteiger charge is 2.33. The summed E-state index contributed by atoms with van der Waals surface area (Å²) in [5.74, 6) is 0.124. The van der Waals surface area contributed by atoms with Gasteiger partial charge in [-0.3, -0.25) is 19.5 Å². The number of morpholine rings is 1. The zero-order valence-electron chi connectivity index (χ0n) is 23.0. The number of nitrogens with zero attached hydrogens (tertiary/aromatic N) is 4. The van der Waals surface area contributed by atoms with Gasteiger partial charge in [-0.05, 0) is 50.6 Å². The summed E-state index contributed by atoms with van der Waals surface area (Å²) in [6.07, 6.45) is 1.67. The first kappa shape index (κ1) is 28.2. The first-order valence-electron chi connectivity index (χ1n) is 13.4. The van der Waals surface area contributed by atoms with Crippen molar-refractivity contribution in [2.75, 3.05) is 44.4 Å². The van der Waals surface area contributed by atoms with Gasteiger partial charge in [0, 0.05) is 36.5 Å². The molecule has 0 bridgehead atoms. The highest BCUT2D eigenvalue weighted by Crippen LogP contribution is 2.32. The highest BCUT2D eigenvalue weighted by atomic mass is 32.1. The molecule has 5 rings (SSSR count). The number of benzene rings is 2. The van der Waals surface area contributed by atoms with Gasteiger partial charge >= 0.3 is 5.97 Å². The third-order valence-electron chi connectivity index (χ3n) is 6.88. The van der Waals surface area contributed by atoms with Crippen LogP contribution in [0.1, 0.15) is 37.9 Å². The van der Waals surface area contributed by atoms with E-state index in [1.54, 1.807) is 38.1 Å². The van der Waals surface area contributed by atoms with E-state index in [-0.39, 0.29) is 23.4 Å². The zero-order valence-corrected chi connectivity index (χ0v) is 23.8. The monoisotopic (exact) mass is 578 g/mol. The Bertz CT molecular complexity index is 1690. The number of nitro groups is 1. The lowest BCUT2D eigenvalue weighted by atomic mass is 9.96. The standard InChI is InChI=1S/C29H30N4O7S/c1-4-39-22-9-6-19(7-10-22)26-25(28(35)40-5-2)18(3)30-29-32(26)27(34)24(41-29)17-20-16-21(33(36)37)8-11-23(20)31-12-14-38-15-13-31/h6-11,16-17,26H,4-5,12-15H2,1-3H3/b24-17+. The summed E-state index contributed by atoms with van der Waals surface area (Å²) in [6.45, 7) is 8.34. The molecular formula is C29H30N4O7S. The fraction of sp³-hybridized carbons (Fsp3) is 0.345. The molecule has 0 N–H and O–H groups in total. The molecule has 1 atom stereocenters. The van der Waals surface area contributed by atoms with Crippen LogP contribution in [0.25, 0.3) is 6.08 Å². The van der Waals surface area contributed by atoms with E-state index < -0.39 is 16.9 Å². The summed E-state index contributed by atoms with van der Waals surface area (Å²) < 4.78 is 18.3. The summed E-state index contributed by atoms with van der Waals surface area (Å²) in [6, 6.07) is 11.1. The molecule has 1 fully saturated rings. The molecule has 0 saturated carbocycles. The summed E-state index contributed by atoms with van der Waals surface area (Å²) >= 11 is 1.17. The second-order valence-corrected chi connectivity index (χ2v) is 10.4. The lowest BCUT2D eigenvalue weighted by Gasteiger charge is -2.30.